The van der Waals surface area contributed by atoms with Gasteiger partial charge in [-0.25, -0.2) is 0 Å². The number of nitrogens with zero attached hydrogens (tertiary/aromatic N) is 2. The molecule has 108 valence electrons. The average molecular weight is 289 g/mol. The molecule has 0 bridgehead atoms. The molecule has 1 N–H and O–H groups in total. The summed E-state index contributed by atoms with van der Waals surface area (Å²) >= 11 is 5.35. The van der Waals surface area contributed by atoms with Crippen molar-refractivity contribution in [2.24, 2.45) is 0 Å². The molecule has 0 radical (unpaired) electrons. The number of H-pyrrole nitrogens is 1. The number of aromatic amines is 1. The van der Waals surface area contributed by atoms with Crippen molar-refractivity contribution >= 4 is 12.2 Å². The Morgan fingerprint density at radius 1 is 1.25 bits per heavy atom. The van der Waals surface area contributed by atoms with E-state index in [4.69, 9.17) is 12.2 Å². The van der Waals surface area contributed by atoms with Gasteiger partial charge in [0.05, 0.1) is 0 Å². The summed E-state index contributed by atoms with van der Waals surface area (Å²) in [6.45, 7) is 11.0. The third-order valence-corrected chi connectivity index (χ3v) is 4.03. The second-order valence-corrected chi connectivity index (χ2v) is 6.69. The van der Waals surface area contributed by atoms with Crippen LogP contribution in [0.2, 0.25) is 0 Å². The summed E-state index contributed by atoms with van der Waals surface area (Å²) in [4.78, 5) is 0. The maximum Gasteiger partial charge on any atom is 0.195 e. The van der Waals surface area contributed by atoms with Gasteiger partial charge >= 0.3 is 0 Å². The first-order chi connectivity index (χ1) is 9.34. The third kappa shape index (κ3) is 2.85. The molecule has 20 heavy (non-hydrogen) atoms. The van der Waals surface area contributed by atoms with Gasteiger partial charge in [0.25, 0.3) is 0 Å². The lowest BCUT2D eigenvalue weighted by Crippen LogP contribution is -2.11. The molecule has 0 saturated heterocycles. The summed E-state index contributed by atoms with van der Waals surface area (Å²) in [5.74, 6) is 0.921. The number of rotatable bonds is 3. The second-order valence-electron chi connectivity index (χ2n) is 6.31. The minimum absolute atomic E-state index is 0.167. The zero-order valence-corrected chi connectivity index (χ0v) is 13.7. The van der Waals surface area contributed by atoms with Crippen molar-refractivity contribution in [2.45, 2.75) is 52.5 Å². The average Bonchev–Trinajstić information content (AvgIpc) is 2.79. The molecule has 2 rings (SSSR count). The number of hydrogen-bond donors (Lipinski definition) is 1. The van der Waals surface area contributed by atoms with Crippen LogP contribution in [0.25, 0.3) is 11.4 Å². The molecule has 0 fully saturated rings. The van der Waals surface area contributed by atoms with E-state index in [0.717, 1.165) is 17.8 Å². The van der Waals surface area contributed by atoms with Crippen molar-refractivity contribution in [3.63, 3.8) is 0 Å². The van der Waals surface area contributed by atoms with Gasteiger partial charge in [-0.1, -0.05) is 52.0 Å². The first kappa shape index (κ1) is 15.0. The van der Waals surface area contributed by atoms with Gasteiger partial charge in [-0.3, -0.25) is 9.67 Å². The summed E-state index contributed by atoms with van der Waals surface area (Å²) in [7, 11) is 0. The Kier molecular flexibility index (Phi) is 4.14. The van der Waals surface area contributed by atoms with E-state index < -0.39 is 0 Å². The SMILES string of the molecule is CC[C@H](C)n1c(-c2ccc(C(C)(C)C)cc2)n[nH]c1=S. The van der Waals surface area contributed by atoms with E-state index in [2.05, 4.69) is 73.6 Å². The van der Waals surface area contributed by atoms with Gasteiger partial charge in [-0.15, -0.1) is 0 Å². The number of hydrogen-bond acceptors (Lipinski definition) is 2. The van der Waals surface area contributed by atoms with E-state index in [1.54, 1.807) is 0 Å². The van der Waals surface area contributed by atoms with Gasteiger partial charge < -0.3 is 0 Å². The lowest BCUT2D eigenvalue weighted by Gasteiger charge is -2.19. The highest BCUT2D eigenvalue weighted by molar-refractivity contribution is 7.71. The van der Waals surface area contributed by atoms with Crippen LogP contribution in [0.5, 0.6) is 0 Å². The Labute approximate surface area is 126 Å². The van der Waals surface area contributed by atoms with Crippen LogP contribution < -0.4 is 0 Å². The molecule has 1 heterocycles. The summed E-state index contributed by atoms with van der Waals surface area (Å²) in [6.07, 6.45) is 1.03. The number of aromatic nitrogens is 3. The lowest BCUT2D eigenvalue weighted by molar-refractivity contribution is 0.528. The molecule has 0 spiro atoms. The molecular weight excluding hydrogens is 266 g/mol. The minimum Gasteiger partial charge on any atom is -0.297 e. The van der Waals surface area contributed by atoms with Gasteiger partial charge in [0, 0.05) is 11.6 Å². The van der Waals surface area contributed by atoms with Gasteiger partial charge in [-0.05, 0) is 36.5 Å². The molecule has 0 aliphatic heterocycles. The highest BCUT2D eigenvalue weighted by Gasteiger charge is 2.16. The molecule has 0 aliphatic carbocycles. The van der Waals surface area contributed by atoms with Crippen molar-refractivity contribution in [1.29, 1.82) is 0 Å². The van der Waals surface area contributed by atoms with Gasteiger partial charge in [0.15, 0.2) is 10.6 Å². The molecule has 0 unspecified atom stereocenters. The van der Waals surface area contributed by atoms with Crippen LogP contribution in [0.1, 0.15) is 52.6 Å². The fraction of sp³-hybridized carbons (Fsp3) is 0.500. The summed E-state index contributed by atoms with van der Waals surface area (Å²) in [5.41, 5.74) is 2.59. The molecular formula is C16H23N3S. The predicted octanol–water partition coefficient (Wildman–Crippen LogP) is 4.88. The van der Waals surface area contributed by atoms with E-state index in [0.29, 0.717) is 10.8 Å². The number of nitrogens with one attached hydrogen (secondary N) is 1. The monoisotopic (exact) mass is 289 g/mol. The highest BCUT2D eigenvalue weighted by atomic mass is 32.1. The maximum atomic E-state index is 5.35. The highest BCUT2D eigenvalue weighted by Crippen LogP contribution is 2.27. The topological polar surface area (TPSA) is 33.6 Å². The van der Waals surface area contributed by atoms with Crippen LogP contribution in [-0.4, -0.2) is 14.8 Å². The predicted molar refractivity (Wildman–Crippen MR) is 86.5 cm³/mol. The van der Waals surface area contributed by atoms with Crippen LogP contribution in [0.4, 0.5) is 0 Å². The molecule has 1 atom stereocenters. The lowest BCUT2D eigenvalue weighted by atomic mass is 9.86. The first-order valence-corrected chi connectivity index (χ1v) is 7.53. The van der Waals surface area contributed by atoms with Crippen molar-refractivity contribution < 1.29 is 0 Å². The smallest absolute Gasteiger partial charge is 0.195 e. The molecule has 1 aromatic carbocycles. The Morgan fingerprint density at radius 3 is 2.35 bits per heavy atom. The van der Waals surface area contributed by atoms with E-state index in [9.17, 15) is 0 Å². The standard InChI is InChI=1S/C16H23N3S/c1-6-11(2)19-14(17-18-15(19)20)12-7-9-13(10-8-12)16(3,4)5/h7-11H,6H2,1-5H3,(H,18,20)/t11-/m0/s1. The second kappa shape index (κ2) is 5.52. The molecule has 2 aromatic rings. The maximum absolute atomic E-state index is 5.35. The van der Waals surface area contributed by atoms with Crippen LogP contribution >= 0.6 is 12.2 Å². The van der Waals surface area contributed by atoms with Gasteiger partial charge in [-0.2, -0.15) is 5.10 Å². The summed E-state index contributed by atoms with van der Waals surface area (Å²) in [5, 5.41) is 7.30. The van der Waals surface area contributed by atoms with Crippen molar-refractivity contribution in [3.8, 4) is 11.4 Å². The minimum atomic E-state index is 0.167. The van der Waals surface area contributed by atoms with Crippen molar-refractivity contribution in [1.82, 2.24) is 14.8 Å². The van der Waals surface area contributed by atoms with Gasteiger partial charge in [0.1, 0.15) is 0 Å². The zero-order chi connectivity index (χ0) is 14.9. The van der Waals surface area contributed by atoms with E-state index in [1.165, 1.54) is 5.56 Å². The normalized spacial score (nSPS) is 13.4. The Morgan fingerprint density at radius 2 is 1.85 bits per heavy atom. The fourth-order valence-corrected chi connectivity index (χ4v) is 2.53. The van der Waals surface area contributed by atoms with E-state index >= 15 is 0 Å². The van der Waals surface area contributed by atoms with Crippen molar-refractivity contribution in [3.05, 3.63) is 34.6 Å². The molecule has 4 heteroatoms. The van der Waals surface area contributed by atoms with E-state index in [1.807, 2.05) is 0 Å². The zero-order valence-electron chi connectivity index (χ0n) is 12.9. The Hall–Kier alpha value is -1.42. The van der Waals surface area contributed by atoms with Crippen LogP contribution in [-0.2, 0) is 5.41 Å². The first-order valence-electron chi connectivity index (χ1n) is 7.12. The Balaban J connectivity index is 2.45. The van der Waals surface area contributed by atoms with Crippen LogP contribution in [0.3, 0.4) is 0 Å². The Bertz CT molecular complexity index is 629. The van der Waals surface area contributed by atoms with Crippen LogP contribution in [0.15, 0.2) is 24.3 Å². The third-order valence-electron chi connectivity index (χ3n) is 3.75. The number of benzene rings is 1. The van der Waals surface area contributed by atoms with Gasteiger partial charge in [0.2, 0.25) is 0 Å². The molecule has 0 aliphatic rings. The molecule has 3 nitrogen and oxygen atoms in total. The largest absolute Gasteiger partial charge is 0.297 e. The summed E-state index contributed by atoms with van der Waals surface area (Å²) in [6, 6.07) is 8.95. The fourth-order valence-electron chi connectivity index (χ4n) is 2.22. The molecule has 0 saturated carbocycles. The molecule has 1 aromatic heterocycles. The summed E-state index contributed by atoms with van der Waals surface area (Å²) < 4.78 is 2.79. The quantitative estimate of drug-likeness (QED) is 0.817. The van der Waals surface area contributed by atoms with Crippen LogP contribution in [0, 0.1) is 4.77 Å². The van der Waals surface area contributed by atoms with E-state index in [-0.39, 0.29) is 5.41 Å². The molecule has 0 amide bonds. The van der Waals surface area contributed by atoms with Crippen molar-refractivity contribution in [2.75, 3.05) is 0 Å².